The molecule has 0 unspecified atom stereocenters. The zero-order valence-electron chi connectivity index (χ0n) is 8.73. The number of rotatable bonds is 0. The van der Waals surface area contributed by atoms with Crippen molar-refractivity contribution in [2.75, 3.05) is 0 Å². The molecule has 0 heterocycles. The van der Waals surface area contributed by atoms with E-state index in [1.807, 2.05) is 0 Å². The van der Waals surface area contributed by atoms with Crippen LogP contribution in [0, 0.1) is 46.8 Å². The Labute approximate surface area is 128 Å². The minimum atomic E-state index is -2.35. The molecule has 0 atom stereocenters. The molecule has 98 valence electrons. The largest absolute Gasteiger partial charge is 2.00 e. The summed E-state index contributed by atoms with van der Waals surface area (Å²) in [6, 6.07) is 1.09. The van der Waals surface area contributed by atoms with E-state index in [9.17, 15) is 30.7 Å². The summed E-state index contributed by atoms with van der Waals surface area (Å²) >= 11 is 0. The van der Waals surface area contributed by atoms with Crippen molar-refractivity contribution < 1.29 is 47.7 Å². The maximum Gasteiger partial charge on any atom is 2.00 e. The van der Waals surface area contributed by atoms with Gasteiger partial charge in [0.15, 0.2) is 11.6 Å². The molecule has 2 rings (SSSR count). The average Bonchev–Trinajstić information content (AvgIpc) is 2.28. The third-order valence-electron chi connectivity index (χ3n) is 2.12. The molecule has 0 aliphatic carbocycles. The van der Waals surface area contributed by atoms with Gasteiger partial charge < -0.3 is 17.0 Å². The Morgan fingerprint density at radius 2 is 0.947 bits per heavy atom. The Hall–Kier alpha value is -0.544. The monoisotopic (exact) mass is 356 g/mol. The van der Waals surface area contributed by atoms with Crippen LogP contribution in [-0.2, 0) is 0 Å². The zero-order valence-corrected chi connectivity index (χ0v) is 11.7. The van der Waals surface area contributed by atoms with Crippen LogP contribution in [0.5, 0.6) is 0 Å². The first-order valence-corrected chi connectivity index (χ1v) is 4.07. The molecule has 9 heteroatoms. The third-order valence-corrected chi connectivity index (χ3v) is 2.12. The molecule has 0 saturated heterocycles. The predicted molar refractivity (Wildman–Crippen MR) is 48.2 cm³/mol. The number of halogens is 8. The van der Waals surface area contributed by atoms with E-state index >= 15 is 0 Å². The molecule has 0 N–H and O–H groups in total. The van der Waals surface area contributed by atoms with Gasteiger partial charge in [0.05, 0.1) is 5.82 Å². The van der Waals surface area contributed by atoms with Crippen molar-refractivity contribution in [1.82, 2.24) is 0 Å². The second-order valence-electron chi connectivity index (χ2n) is 3.07. The first kappa shape index (κ1) is 18.5. The van der Waals surface area contributed by atoms with E-state index in [1.165, 1.54) is 0 Å². The fourth-order valence-corrected chi connectivity index (χ4v) is 1.37. The smallest absolute Gasteiger partial charge is 1.00 e. The maximum atomic E-state index is 13.1. The van der Waals surface area contributed by atoms with Crippen LogP contribution in [0.1, 0.15) is 0 Å². The van der Waals surface area contributed by atoms with Crippen LogP contribution < -0.4 is 17.0 Å². The second kappa shape index (κ2) is 6.27. The summed E-state index contributed by atoms with van der Waals surface area (Å²) in [5, 5.41) is -3.16. The Morgan fingerprint density at radius 3 is 1.42 bits per heavy atom. The fraction of sp³-hybridized carbons (Fsp3) is 0. The van der Waals surface area contributed by atoms with Crippen molar-refractivity contribution in [2.24, 2.45) is 0 Å². The van der Waals surface area contributed by atoms with Gasteiger partial charge in [0.2, 0.25) is 0 Å². The molecule has 0 spiro atoms. The van der Waals surface area contributed by atoms with Crippen molar-refractivity contribution in [2.45, 2.75) is 0 Å². The van der Waals surface area contributed by atoms with Gasteiger partial charge in [-0.2, -0.15) is 0 Å². The van der Waals surface area contributed by atoms with Crippen molar-refractivity contribution >= 4 is 33.8 Å². The van der Waals surface area contributed by atoms with Crippen LogP contribution in [0.4, 0.5) is 30.7 Å². The summed E-state index contributed by atoms with van der Waals surface area (Å²) in [6.45, 7) is 0. The number of hydrogen-bond acceptors (Lipinski definition) is 0. The average molecular weight is 357 g/mol. The summed E-state index contributed by atoms with van der Waals surface area (Å²) < 4.78 is 90.4. The number of benzene rings is 2. The van der Waals surface area contributed by atoms with E-state index in [-0.39, 0.29) is 40.0 Å². The molecule has 2 aromatic rings. The normalized spacial score (nSPS) is 10.1. The zero-order chi connectivity index (χ0) is 12.9. The summed E-state index contributed by atoms with van der Waals surface area (Å²) in [6.07, 6.45) is 0. The van der Waals surface area contributed by atoms with Crippen molar-refractivity contribution in [3.63, 3.8) is 0 Å². The van der Waals surface area contributed by atoms with Crippen LogP contribution in [-0.4, -0.2) is 23.1 Å². The van der Waals surface area contributed by atoms with E-state index < -0.39 is 51.5 Å². The van der Waals surface area contributed by atoms with Gasteiger partial charge in [0.25, 0.3) is 0 Å². The molecule has 0 aliphatic heterocycles. The molecule has 0 saturated carbocycles. The molecule has 0 amide bonds. The predicted octanol–water partition coefficient (Wildman–Crippen LogP) is 0.237. The van der Waals surface area contributed by atoms with Crippen LogP contribution >= 0.6 is 0 Å². The van der Waals surface area contributed by atoms with Crippen molar-refractivity contribution in [1.29, 1.82) is 0 Å². The first-order valence-electron chi connectivity index (χ1n) is 4.07. The molecule has 0 fully saturated rings. The van der Waals surface area contributed by atoms with Crippen molar-refractivity contribution in [3.8, 4) is 0 Å². The second-order valence-corrected chi connectivity index (χ2v) is 3.07. The molecule has 0 aliphatic rings. The molecular formula is C10BrF7Mg. The SMILES string of the molecule is Fc1[c-]c(F)c2c(F)c(F)c(F)c(F)c2c1F.[Br-].[Mg+2]. The van der Waals surface area contributed by atoms with E-state index in [4.69, 9.17) is 0 Å². The number of hydrogen-bond donors (Lipinski definition) is 0. The molecule has 0 aromatic heterocycles. The van der Waals surface area contributed by atoms with E-state index in [0.717, 1.165) is 6.07 Å². The van der Waals surface area contributed by atoms with Crippen LogP contribution in [0.15, 0.2) is 0 Å². The molecule has 0 radical (unpaired) electrons. The van der Waals surface area contributed by atoms with Crippen LogP contribution in [0.2, 0.25) is 0 Å². The van der Waals surface area contributed by atoms with Gasteiger partial charge in [-0.15, -0.1) is 6.07 Å². The molecule has 2 aromatic carbocycles. The van der Waals surface area contributed by atoms with Gasteiger partial charge in [-0.1, -0.05) is 0 Å². The minimum absolute atomic E-state index is 0. The number of fused-ring (bicyclic) bond motifs is 1. The Balaban J connectivity index is 0.00000162. The minimum Gasteiger partial charge on any atom is -1.00 e. The summed E-state index contributed by atoms with van der Waals surface area (Å²) in [5.41, 5.74) is 0. The van der Waals surface area contributed by atoms with E-state index in [0.29, 0.717) is 0 Å². The molecule has 0 nitrogen and oxygen atoms in total. The van der Waals surface area contributed by atoms with Gasteiger partial charge in [-0.05, 0) is 10.8 Å². The molecule has 19 heavy (non-hydrogen) atoms. The van der Waals surface area contributed by atoms with E-state index in [2.05, 4.69) is 0 Å². The first-order chi connectivity index (χ1) is 7.86. The van der Waals surface area contributed by atoms with Crippen LogP contribution in [0.25, 0.3) is 10.8 Å². The Bertz CT molecular complexity index is 644. The Morgan fingerprint density at radius 1 is 0.526 bits per heavy atom. The summed E-state index contributed by atoms with van der Waals surface area (Å²) in [5.74, 6) is -14.9. The van der Waals surface area contributed by atoms with Gasteiger partial charge in [-0.3, -0.25) is 4.39 Å². The van der Waals surface area contributed by atoms with Crippen molar-refractivity contribution in [3.05, 3.63) is 46.8 Å². The summed E-state index contributed by atoms with van der Waals surface area (Å²) in [7, 11) is 0. The molecule has 0 bridgehead atoms. The van der Waals surface area contributed by atoms with Gasteiger partial charge in [-0.25, -0.2) is 26.3 Å². The van der Waals surface area contributed by atoms with Crippen LogP contribution in [0.3, 0.4) is 0 Å². The fourth-order valence-electron chi connectivity index (χ4n) is 1.37. The standard InChI is InChI=1S/C10F7.BrH.Mg/c11-2-1-3(12)6(13)5-4(2)7(14)9(16)10(17)8(5)15;;/h;1H;/q-1;;+2/p-1. The third kappa shape index (κ3) is 2.68. The van der Waals surface area contributed by atoms with Gasteiger partial charge in [0.1, 0.15) is 11.6 Å². The topological polar surface area (TPSA) is 0 Å². The maximum absolute atomic E-state index is 13.1. The van der Waals surface area contributed by atoms with Gasteiger partial charge in [0, 0.05) is 11.6 Å². The quantitative estimate of drug-likeness (QED) is 0.208. The van der Waals surface area contributed by atoms with E-state index in [1.54, 1.807) is 0 Å². The Kier molecular flexibility index (Phi) is 6.09. The summed E-state index contributed by atoms with van der Waals surface area (Å²) in [4.78, 5) is 0. The van der Waals surface area contributed by atoms with Gasteiger partial charge >= 0.3 is 23.1 Å². The molecular weight excluding hydrogens is 357 g/mol.